The molecule has 0 fully saturated rings. The highest BCUT2D eigenvalue weighted by atomic mass is 127. The molecule has 0 aromatic carbocycles. The van der Waals surface area contributed by atoms with Crippen LogP contribution in [0.1, 0.15) is 11.3 Å². The van der Waals surface area contributed by atoms with Gasteiger partial charge in [-0.2, -0.15) is 13.2 Å². The molecular weight excluding hydrogens is 301 g/mol. The molecule has 0 aliphatic heterocycles. The summed E-state index contributed by atoms with van der Waals surface area (Å²) in [6.45, 7) is -0.986. The van der Waals surface area contributed by atoms with Crippen molar-refractivity contribution in [2.24, 2.45) is 0 Å². The molecule has 6 heteroatoms. The lowest BCUT2D eigenvalue weighted by molar-refractivity contribution is -0.138. The van der Waals surface area contributed by atoms with E-state index in [0.29, 0.717) is 0 Å². The molecule has 0 unspecified atom stereocenters. The third-order valence-corrected chi connectivity index (χ3v) is 2.21. The summed E-state index contributed by atoms with van der Waals surface area (Å²) in [5, 5.41) is 0. The largest absolute Gasteiger partial charge is 0.417 e. The van der Waals surface area contributed by atoms with Crippen molar-refractivity contribution < 1.29 is 17.6 Å². The van der Waals surface area contributed by atoms with Crippen LogP contribution in [0.2, 0.25) is 0 Å². The predicted molar refractivity (Wildman–Crippen MR) is 46.8 cm³/mol. The Labute approximate surface area is 85.3 Å². The number of aromatic nitrogens is 1. The first-order valence-electron chi connectivity index (χ1n) is 3.22. The van der Waals surface area contributed by atoms with Gasteiger partial charge in [0.2, 0.25) is 0 Å². The SMILES string of the molecule is FCc1cc(C(F)(F)F)c(I)cn1. The molecule has 1 aromatic rings. The lowest BCUT2D eigenvalue weighted by Crippen LogP contribution is -2.08. The van der Waals surface area contributed by atoms with Crippen molar-refractivity contribution in [2.75, 3.05) is 0 Å². The topological polar surface area (TPSA) is 12.9 Å². The van der Waals surface area contributed by atoms with Crippen molar-refractivity contribution in [3.8, 4) is 0 Å². The second-order valence-corrected chi connectivity index (χ2v) is 3.45. The molecule has 0 radical (unpaired) electrons. The van der Waals surface area contributed by atoms with Crippen LogP contribution in [0, 0.1) is 3.57 Å². The highest BCUT2D eigenvalue weighted by Crippen LogP contribution is 2.32. The second kappa shape index (κ2) is 3.77. The minimum absolute atomic E-state index is 0.0256. The van der Waals surface area contributed by atoms with E-state index in [1.807, 2.05) is 0 Å². The monoisotopic (exact) mass is 305 g/mol. The Hall–Kier alpha value is -0.400. The first-order valence-corrected chi connectivity index (χ1v) is 4.30. The molecule has 1 rings (SSSR count). The van der Waals surface area contributed by atoms with Gasteiger partial charge >= 0.3 is 6.18 Å². The summed E-state index contributed by atoms with van der Waals surface area (Å²) in [5.74, 6) is 0. The highest BCUT2D eigenvalue weighted by Gasteiger charge is 2.33. The molecule has 1 aromatic heterocycles. The zero-order valence-corrected chi connectivity index (χ0v) is 8.36. The van der Waals surface area contributed by atoms with Crippen LogP contribution in [0.5, 0.6) is 0 Å². The summed E-state index contributed by atoms with van der Waals surface area (Å²) in [4.78, 5) is 3.49. The number of rotatable bonds is 1. The first-order chi connectivity index (χ1) is 5.95. The van der Waals surface area contributed by atoms with Gasteiger partial charge in [0, 0.05) is 9.77 Å². The van der Waals surface area contributed by atoms with E-state index in [0.717, 1.165) is 12.3 Å². The van der Waals surface area contributed by atoms with E-state index in [2.05, 4.69) is 4.98 Å². The van der Waals surface area contributed by atoms with E-state index in [-0.39, 0.29) is 9.26 Å². The fourth-order valence-electron chi connectivity index (χ4n) is 0.772. The van der Waals surface area contributed by atoms with Crippen LogP contribution >= 0.6 is 22.6 Å². The Bertz CT molecular complexity index is 310. The molecule has 0 amide bonds. The lowest BCUT2D eigenvalue weighted by atomic mass is 10.2. The van der Waals surface area contributed by atoms with Crippen molar-refractivity contribution in [3.63, 3.8) is 0 Å². The van der Waals surface area contributed by atoms with E-state index in [9.17, 15) is 17.6 Å². The molecule has 0 saturated carbocycles. The summed E-state index contributed by atoms with van der Waals surface area (Å²) >= 11 is 1.51. The number of alkyl halides is 4. The summed E-state index contributed by atoms with van der Waals surface area (Å²) in [6, 6.07) is 0.724. The van der Waals surface area contributed by atoms with Gasteiger partial charge < -0.3 is 0 Å². The number of hydrogen-bond acceptors (Lipinski definition) is 1. The predicted octanol–water partition coefficient (Wildman–Crippen LogP) is 3.17. The van der Waals surface area contributed by atoms with Gasteiger partial charge in [0.25, 0.3) is 0 Å². The third-order valence-electron chi connectivity index (χ3n) is 1.35. The van der Waals surface area contributed by atoms with E-state index < -0.39 is 18.4 Å². The Balaban J connectivity index is 3.19. The molecule has 0 saturated heterocycles. The molecule has 1 heterocycles. The Morgan fingerprint density at radius 2 is 2.00 bits per heavy atom. The molecule has 0 aliphatic carbocycles. The zero-order chi connectivity index (χ0) is 10.1. The van der Waals surface area contributed by atoms with Crippen molar-refractivity contribution in [1.29, 1.82) is 0 Å². The summed E-state index contributed by atoms with van der Waals surface area (Å²) in [7, 11) is 0. The van der Waals surface area contributed by atoms with Gasteiger partial charge in [-0.3, -0.25) is 4.98 Å². The maximum atomic E-state index is 12.2. The van der Waals surface area contributed by atoms with Crippen LogP contribution in [0.3, 0.4) is 0 Å². The smallest absolute Gasteiger partial charge is 0.257 e. The van der Waals surface area contributed by atoms with E-state index in [4.69, 9.17) is 0 Å². The second-order valence-electron chi connectivity index (χ2n) is 2.29. The fourth-order valence-corrected chi connectivity index (χ4v) is 1.37. The summed E-state index contributed by atoms with van der Waals surface area (Å²) < 4.78 is 48.6. The molecule has 0 atom stereocenters. The average molecular weight is 305 g/mol. The normalized spacial score (nSPS) is 11.8. The number of nitrogens with zero attached hydrogens (tertiary/aromatic N) is 1. The number of hydrogen-bond donors (Lipinski definition) is 0. The molecule has 0 bridgehead atoms. The third kappa shape index (κ3) is 2.52. The van der Waals surface area contributed by atoms with Gasteiger partial charge in [-0.25, -0.2) is 4.39 Å². The minimum atomic E-state index is -4.44. The molecule has 0 N–H and O–H groups in total. The lowest BCUT2D eigenvalue weighted by Gasteiger charge is -2.08. The van der Waals surface area contributed by atoms with Crippen LogP contribution < -0.4 is 0 Å². The van der Waals surface area contributed by atoms with Crippen molar-refractivity contribution in [3.05, 3.63) is 27.1 Å². The Morgan fingerprint density at radius 3 is 2.46 bits per heavy atom. The van der Waals surface area contributed by atoms with Gasteiger partial charge in [-0.1, -0.05) is 0 Å². The van der Waals surface area contributed by atoms with Gasteiger partial charge in [-0.05, 0) is 28.7 Å². The van der Waals surface area contributed by atoms with Crippen LogP contribution in [-0.4, -0.2) is 4.98 Å². The maximum Gasteiger partial charge on any atom is 0.417 e. The van der Waals surface area contributed by atoms with E-state index >= 15 is 0 Å². The molecule has 0 spiro atoms. The maximum absolute atomic E-state index is 12.2. The van der Waals surface area contributed by atoms with Crippen LogP contribution in [0.4, 0.5) is 17.6 Å². The molecule has 72 valence electrons. The van der Waals surface area contributed by atoms with Gasteiger partial charge in [-0.15, -0.1) is 0 Å². The Kier molecular flexibility index (Phi) is 3.09. The quantitative estimate of drug-likeness (QED) is 0.574. The van der Waals surface area contributed by atoms with Crippen molar-refractivity contribution >= 4 is 22.6 Å². The van der Waals surface area contributed by atoms with Crippen LogP contribution in [0.15, 0.2) is 12.3 Å². The summed E-state index contributed by atoms with van der Waals surface area (Å²) in [5.41, 5.74) is -1.04. The number of pyridine rings is 1. The average Bonchev–Trinajstić information content (AvgIpc) is 2.03. The van der Waals surface area contributed by atoms with Gasteiger partial charge in [0.1, 0.15) is 6.67 Å². The van der Waals surface area contributed by atoms with E-state index in [1.54, 1.807) is 0 Å². The number of halogens is 5. The van der Waals surface area contributed by atoms with Crippen LogP contribution in [0.25, 0.3) is 0 Å². The summed E-state index contributed by atoms with van der Waals surface area (Å²) in [6.07, 6.45) is -3.43. The highest BCUT2D eigenvalue weighted by molar-refractivity contribution is 14.1. The Morgan fingerprint density at radius 1 is 1.38 bits per heavy atom. The standard InChI is InChI=1S/C7H4F4IN/c8-2-4-1-5(7(9,10)11)6(12)3-13-4/h1,3H,2H2. The van der Waals surface area contributed by atoms with Gasteiger partial charge in [0.15, 0.2) is 0 Å². The van der Waals surface area contributed by atoms with Crippen molar-refractivity contribution in [2.45, 2.75) is 12.9 Å². The first kappa shape index (κ1) is 10.7. The van der Waals surface area contributed by atoms with Crippen LogP contribution in [-0.2, 0) is 12.9 Å². The fraction of sp³-hybridized carbons (Fsp3) is 0.286. The molecule has 1 nitrogen and oxygen atoms in total. The zero-order valence-electron chi connectivity index (χ0n) is 6.20. The van der Waals surface area contributed by atoms with Crippen molar-refractivity contribution in [1.82, 2.24) is 4.98 Å². The van der Waals surface area contributed by atoms with E-state index in [1.165, 1.54) is 22.6 Å². The molecule has 13 heavy (non-hydrogen) atoms. The molecule has 0 aliphatic rings. The van der Waals surface area contributed by atoms with Gasteiger partial charge in [0.05, 0.1) is 11.3 Å². The minimum Gasteiger partial charge on any atom is -0.257 e. The molecular formula is C7H4F4IN.